The Hall–Kier alpha value is -1.32. The van der Waals surface area contributed by atoms with E-state index in [9.17, 15) is 5.11 Å². The van der Waals surface area contributed by atoms with Crippen LogP contribution in [-0.4, -0.2) is 12.2 Å². The number of hydrogen-bond donors (Lipinski definition) is 1. The quantitative estimate of drug-likeness (QED) is 0.915. The summed E-state index contributed by atoms with van der Waals surface area (Å²) in [5.41, 5.74) is 3.26. The molecule has 0 saturated heterocycles. The van der Waals surface area contributed by atoms with Gasteiger partial charge >= 0.3 is 0 Å². The van der Waals surface area contributed by atoms with E-state index in [-0.39, 0.29) is 0 Å². The molecule has 0 aromatic heterocycles. The molecule has 0 saturated carbocycles. The predicted octanol–water partition coefficient (Wildman–Crippen LogP) is 4.14. The van der Waals surface area contributed by atoms with E-state index in [0.717, 1.165) is 22.3 Å². The van der Waals surface area contributed by atoms with Crippen molar-refractivity contribution in [2.24, 2.45) is 0 Å². The summed E-state index contributed by atoms with van der Waals surface area (Å²) in [7, 11) is 2.04. The zero-order valence-electron chi connectivity index (χ0n) is 11.2. The van der Waals surface area contributed by atoms with Crippen molar-refractivity contribution in [3.63, 3.8) is 0 Å². The average molecular weight is 320 g/mol. The number of halogens is 1. The summed E-state index contributed by atoms with van der Waals surface area (Å²) in [5, 5.41) is 9.83. The molecule has 0 spiro atoms. The van der Waals surface area contributed by atoms with E-state index in [4.69, 9.17) is 0 Å². The maximum atomic E-state index is 9.83. The van der Waals surface area contributed by atoms with Gasteiger partial charge in [-0.25, -0.2) is 0 Å². The highest BCUT2D eigenvalue weighted by Gasteiger charge is 2.11. The molecular formula is C16H18BrNO. The van der Waals surface area contributed by atoms with Gasteiger partial charge in [0.2, 0.25) is 0 Å². The van der Waals surface area contributed by atoms with Crippen molar-refractivity contribution in [3.8, 4) is 0 Å². The highest BCUT2D eigenvalue weighted by Crippen LogP contribution is 2.26. The van der Waals surface area contributed by atoms with E-state index < -0.39 is 6.10 Å². The maximum absolute atomic E-state index is 9.83. The van der Waals surface area contributed by atoms with Gasteiger partial charge in [0, 0.05) is 29.3 Å². The fourth-order valence-electron chi connectivity index (χ4n) is 2.18. The summed E-state index contributed by atoms with van der Waals surface area (Å²) >= 11 is 3.49. The molecule has 2 aromatic carbocycles. The Morgan fingerprint density at radius 1 is 1.16 bits per heavy atom. The molecule has 1 unspecified atom stereocenters. The van der Waals surface area contributed by atoms with Crippen molar-refractivity contribution in [1.29, 1.82) is 0 Å². The summed E-state index contributed by atoms with van der Waals surface area (Å²) in [6.45, 7) is 2.61. The van der Waals surface area contributed by atoms with Gasteiger partial charge in [0.1, 0.15) is 0 Å². The molecule has 3 heteroatoms. The summed E-state index contributed by atoms with van der Waals surface area (Å²) < 4.78 is 1.09. The molecule has 2 rings (SSSR count). The molecule has 2 nitrogen and oxygen atoms in total. The molecule has 0 aliphatic heterocycles. The lowest BCUT2D eigenvalue weighted by Gasteiger charge is -2.23. The molecule has 0 heterocycles. The number of hydrogen-bond acceptors (Lipinski definition) is 2. The third kappa shape index (κ3) is 3.58. The van der Waals surface area contributed by atoms with Crippen LogP contribution in [0.1, 0.15) is 24.2 Å². The van der Waals surface area contributed by atoms with E-state index in [1.54, 1.807) is 6.92 Å². The van der Waals surface area contributed by atoms with Crippen molar-refractivity contribution in [3.05, 3.63) is 64.1 Å². The standard InChI is InChI=1S/C16H18BrNO/c1-12(19)15-8-3-4-9-16(15)18(2)11-13-6-5-7-14(17)10-13/h3-10,12,19H,11H2,1-2H3. The van der Waals surface area contributed by atoms with Crippen LogP contribution >= 0.6 is 15.9 Å². The highest BCUT2D eigenvalue weighted by molar-refractivity contribution is 9.10. The molecule has 0 aliphatic carbocycles. The molecule has 2 aromatic rings. The Labute approximate surface area is 122 Å². The highest BCUT2D eigenvalue weighted by atomic mass is 79.9. The molecule has 0 amide bonds. The largest absolute Gasteiger partial charge is 0.389 e. The smallest absolute Gasteiger partial charge is 0.0781 e. The zero-order chi connectivity index (χ0) is 13.8. The SMILES string of the molecule is CC(O)c1ccccc1N(C)Cc1cccc(Br)c1. The molecule has 0 radical (unpaired) electrons. The lowest BCUT2D eigenvalue weighted by atomic mass is 10.1. The number of nitrogens with zero attached hydrogens (tertiary/aromatic N) is 1. The summed E-state index contributed by atoms with van der Waals surface area (Å²) in [4.78, 5) is 2.16. The van der Waals surface area contributed by atoms with Gasteiger partial charge in [0.25, 0.3) is 0 Å². The molecule has 1 atom stereocenters. The van der Waals surface area contributed by atoms with Gasteiger partial charge in [-0.15, -0.1) is 0 Å². The van der Waals surface area contributed by atoms with Gasteiger partial charge in [-0.2, -0.15) is 0 Å². The fourth-order valence-corrected chi connectivity index (χ4v) is 2.63. The molecule has 100 valence electrons. The number of aliphatic hydroxyl groups is 1. The summed E-state index contributed by atoms with van der Waals surface area (Å²) in [6, 6.07) is 16.2. The number of benzene rings is 2. The number of anilines is 1. The molecular weight excluding hydrogens is 302 g/mol. The predicted molar refractivity (Wildman–Crippen MR) is 83.3 cm³/mol. The van der Waals surface area contributed by atoms with Gasteiger partial charge in [-0.05, 0) is 30.7 Å². The van der Waals surface area contributed by atoms with E-state index >= 15 is 0 Å². The Bertz CT molecular complexity index is 554. The lowest BCUT2D eigenvalue weighted by molar-refractivity contribution is 0.199. The first-order valence-corrected chi connectivity index (χ1v) is 7.10. The first-order valence-electron chi connectivity index (χ1n) is 6.30. The van der Waals surface area contributed by atoms with Crippen LogP contribution < -0.4 is 4.90 Å². The van der Waals surface area contributed by atoms with E-state index in [1.165, 1.54) is 5.56 Å². The van der Waals surface area contributed by atoms with Crippen LogP contribution in [0.5, 0.6) is 0 Å². The van der Waals surface area contributed by atoms with E-state index in [1.807, 2.05) is 43.4 Å². The monoisotopic (exact) mass is 319 g/mol. The van der Waals surface area contributed by atoms with Gasteiger partial charge in [-0.3, -0.25) is 0 Å². The van der Waals surface area contributed by atoms with Crippen molar-refractivity contribution in [2.45, 2.75) is 19.6 Å². The second-order valence-electron chi connectivity index (χ2n) is 4.72. The number of para-hydroxylation sites is 1. The minimum Gasteiger partial charge on any atom is -0.389 e. The Morgan fingerprint density at radius 2 is 1.89 bits per heavy atom. The molecule has 19 heavy (non-hydrogen) atoms. The average Bonchev–Trinajstić information content (AvgIpc) is 2.38. The minimum atomic E-state index is -0.457. The van der Waals surface area contributed by atoms with Crippen LogP contribution in [-0.2, 0) is 6.54 Å². The first kappa shape index (κ1) is 14.1. The second-order valence-corrected chi connectivity index (χ2v) is 5.64. The summed E-state index contributed by atoms with van der Waals surface area (Å²) in [6.07, 6.45) is -0.457. The minimum absolute atomic E-state index is 0.457. The van der Waals surface area contributed by atoms with Crippen LogP contribution in [0.25, 0.3) is 0 Å². The zero-order valence-corrected chi connectivity index (χ0v) is 12.8. The molecule has 0 aliphatic rings. The van der Waals surface area contributed by atoms with Crippen LogP contribution in [0.15, 0.2) is 53.0 Å². The molecule has 1 N–H and O–H groups in total. The lowest BCUT2D eigenvalue weighted by Crippen LogP contribution is -2.18. The second kappa shape index (κ2) is 6.22. The number of aliphatic hydroxyl groups excluding tert-OH is 1. The van der Waals surface area contributed by atoms with Gasteiger partial charge in [0.05, 0.1) is 6.10 Å². The van der Waals surface area contributed by atoms with Gasteiger partial charge in [-0.1, -0.05) is 46.3 Å². The first-order chi connectivity index (χ1) is 9.08. The van der Waals surface area contributed by atoms with E-state index in [2.05, 4.69) is 33.0 Å². The normalized spacial score (nSPS) is 12.2. The molecule has 0 bridgehead atoms. The molecule has 0 fully saturated rings. The third-order valence-corrected chi connectivity index (χ3v) is 3.60. The Kier molecular flexibility index (Phi) is 4.61. The van der Waals surface area contributed by atoms with Crippen LogP contribution in [0.4, 0.5) is 5.69 Å². The van der Waals surface area contributed by atoms with Crippen molar-refractivity contribution >= 4 is 21.6 Å². The van der Waals surface area contributed by atoms with Crippen LogP contribution in [0.2, 0.25) is 0 Å². The topological polar surface area (TPSA) is 23.5 Å². The summed E-state index contributed by atoms with van der Waals surface area (Å²) in [5.74, 6) is 0. The Morgan fingerprint density at radius 3 is 2.58 bits per heavy atom. The third-order valence-electron chi connectivity index (χ3n) is 3.11. The van der Waals surface area contributed by atoms with E-state index in [0.29, 0.717) is 0 Å². The van der Waals surface area contributed by atoms with Crippen LogP contribution in [0, 0.1) is 0 Å². The van der Waals surface area contributed by atoms with Gasteiger partial charge in [0.15, 0.2) is 0 Å². The van der Waals surface area contributed by atoms with Crippen molar-refractivity contribution in [1.82, 2.24) is 0 Å². The Balaban J connectivity index is 2.23. The van der Waals surface area contributed by atoms with Crippen molar-refractivity contribution in [2.75, 3.05) is 11.9 Å². The number of rotatable bonds is 4. The maximum Gasteiger partial charge on any atom is 0.0781 e. The fraction of sp³-hybridized carbons (Fsp3) is 0.250. The van der Waals surface area contributed by atoms with Gasteiger partial charge < -0.3 is 10.0 Å². The van der Waals surface area contributed by atoms with Crippen molar-refractivity contribution < 1.29 is 5.11 Å². The van der Waals surface area contributed by atoms with Crippen LogP contribution in [0.3, 0.4) is 0 Å².